The van der Waals surface area contributed by atoms with Gasteiger partial charge >= 0.3 is 0 Å². The molecular formula is C16H17N3S. The van der Waals surface area contributed by atoms with Crippen LogP contribution in [-0.4, -0.2) is 9.97 Å². The second-order valence-electron chi connectivity index (χ2n) is 5.00. The topological polar surface area (TPSA) is 54.7 Å². The first kappa shape index (κ1) is 13.1. The fourth-order valence-corrected chi connectivity index (χ4v) is 3.21. The number of aromatic amines is 1. The van der Waals surface area contributed by atoms with E-state index in [1.165, 1.54) is 11.1 Å². The van der Waals surface area contributed by atoms with E-state index in [0.717, 1.165) is 33.2 Å². The zero-order chi connectivity index (χ0) is 14.1. The number of nitrogens with two attached hydrogens (primary N) is 1. The molecule has 3 rings (SSSR count). The molecule has 0 fully saturated rings. The highest BCUT2D eigenvalue weighted by Crippen LogP contribution is 2.27. The lowest BCUT2D eigenvalue weighted by Crippen LogP contribution is -1.97. The summed E-state index contributed by atoms with van der Waals surface area (Å²) in [4.78, 5) is 7.89. The molecule has 0 saturated carbocycles. The Morgan fingerprint density at radius 3 is 2.80 bits per heavy atom. The van der Waals surface area contributed by atoms with Gasteiger partial charge in [0, 0.05) is 11.4 Å². The number of nitrogens with one attached hydrogen (secondary N) is 1. The highest BCUT2D eigenvalue weighted by molar-refractivity contribution is 7.98. The third kappa shape index (κ3) is 2.51. The number of imidazole rings is 1. The molecule has 0 spiro atoms. The summed E-state index contributed by atoms with van der Waals surface area (Å²) in [6.07, 6.45) is 0. The number of fused-ring (bicyclic) bond motifs is 1. The predicted octanol–water partition coefficient (Wildman–Crippen LogP) is 4.05. The van der Waals surface area contributed by atoms with E-state index in [0.29, 0.717) is 0 Å². The highest BCUT2D eigenvalue weighted by atomic mass is 32.2. The number of para-hydroxylation sites is 2. The minimum Gasteiger partial charge on any atom is -0.398 e. The van der Waals surface area contributed by atoms with E-state index >= 15 is 0 Å². The lowest BCUT2D eigenvalue weighted by atomic mass is 10.1. The molecule has 0 aliphatic rings. The summed E-state index contributed by atoms with van der Waals surface area (Å²) in [5, 5.41) is 0.935. The number of benzene rings is 2. The van der Waals surface area contributed by atoms with Crippen LogP contribution >= 0.6 is 11.8 Å². The van der Waals surface area contributed by atoms with Gasteiger partial charge in [-0.15, -0.1) is 0 Å². The van der Waals surface area contributed by atoms with E-state index in [4.69, 9.17) is 5.73 Å². The molecule has 0 bridgehead atoms. The van der Waals surface area contributed by atoms with Crippen molar-refractivity contribution < 1.29 is 0 Å². The molecule has 0 unspecified atom stereocenters. The summed E-state index contributed by atoms with van der Waals surface area (Å²) in [6, 6.07) is 12.3. The Morgan fingerprint density at radius 1 is 1.20 bits per heavy atom. The van der Waals surface area contributed by atoms with Gasteiger partial charge in [0.25, 0.3) is 0 Å². The van der Waals surface area contributed by atoms with Crippen LogP contribution in [0.2, 0.25) is 0 Å². The molecule has 3 nitrogen and oxygen atoms in total. The molecule has 1 aromatic heterocycles. The van der Waals surface area contributed by atoms with Crippen molar-refractivity contribution in [1.29, 1.82) is 0 Å². The number of hydrogen-bond donors (Lipinski definition) is 2. The van der Waals surface area contributed by atoms with Crippen LogP contribution in [0, 0.1) is 13.8 Å². The summed E-state index contributed by atoms with van der Waals surface area (Å²) in [7, 11) is 0. The molecule has 3 N–H and O–H groups in total. The molecule has 4 heteroatoms. The summed E-state index contributed by atoms with van der Waals surface area (Å²) in [5.74, 6) is 0.828. The molecule has 0 aliphatic carbocycles. The van der Waals surface area contributed by atoms with Gasteiger partial charge in [-0.3, -0.25) is 0 Å². The number of H-pyrrole nitrogens is 1. The third-order valence-electron chi connectivity index (χ3n) is 3.35. The standard InChI is InChI=1S/C16H17N3S/c1-10-7-11(2)15(17)12(8-10)9-20-16-18-13-5-3-4-6-14(13)19-16/h3-8H,9,17H2,1-2H3,(H,18,19). The normalized spacial score (nSPS) is 11.1. The lowest BCUT2D eigenvalue weighted by Gasteiger charge is -2.09. The number of hydrogen-bond acceptors (Lipinski definition) is 3. The number of aromatic nitrogens is 2. The molecule has 0 amide bonds. The Kier molecular flexibility index (Phi) is 3.40. The van der Waals surface area contributed by atoms with Crippen LogP contribution in [0.5, 0.6) is 0 Å². The quantitative estimate of drug-likeness (QED) is 0.563. The molecule has 20 heavy (non-hydrogen) atoms. The van der Waals surface area contributed by atoms with Gasteiger partial charge < -0.3 is 10.7 Å². The summed E-state index contributed by atoms with van der Waals surface area (Å²) in [5.41, 5.74) is 12.7. The average molecular weight is 283 g/mol. The predicted molar refractivity (Wildman–Crippen MR) is 86.0 cm³/mol. The van der Waals surface area contributed by atoms with E-state index < -0.39 is 0 Å². The zero-order valence-electron chi connectivity index (χ0n) is 11.6. The Hall–Kier alpha value is -1.94. The van der Waals surface area contributed by atoms with Crippen molar-refractivity contribution in [2.75, 3.05) is 5.73 Å². The first-order valence-corrected chi connectivity index (χ1v) is 7.55. The van der Waals surface area contributed by atoms with Gasteiger partial charge in [-0.2, -0.15) is 0 Å². The first-order chi connectivity index (χ1) is 9.63. The van der Waals surface area contributed by atoms with E-state index in [1.54, 1.807) is 11.8 Å². The van der Waals surface area contributed by atoms with Gasteiger partial charge in [0.05, 0.1) is 11.0 Å². The Labute approximate surface area is 122 Å². The number of rotatable bonds is 3. The molecule has 0 atom stereocenters. The number of anilines is 1. The summed E-state index contributed by atoms with van der Waals surface area (Å²) < 4.78 is 0. The van der Waals surface area contributed by atoms with Crippen LogP contribution in [0.4, 0.5) is 5.69 Å². The minimum absolute atomic E-state index is 0.828. The molecule has 2 aromatic carbocycles. The van der Waals surface area contributed by atoms with Crippen molar-refractivity contribution in [2.45, 2.75) is 24.8 Å². The smallest absolute Gasteiger partial charge is 0.166 e. The number of nitrogen functional groups attached to an aromatic ring is 1. The first-order valence-electron chi connectivity index (χ1n) is 6.56. The molecular weight excluding hydrogens is 266 g/mol. The van der Waals surface area contributed by atoms with Crippen LogP contribution in [0.1, 0.15) is 16.7 Å². The third-order valence-corrected chi connectivity index (χ3v) is 4.27. The van der Waals surface area contributed by atoms with Crippen molar-refractivity contribution in [2.24, 2.45) is 0 Å². The van der Waals surface area contributed by atoms with Crippen LogP contribution < -0.4 is 5.73 Å². The van der Waals surface area contributed by atoms with Crippen LogP contribution in [-0.2, 0) is 5.75 Å². The maximum Gasteiger partial charge on any atom is 0.166 e. The van der Waals surface area contributed by atoms with Gasteiger partial charge in [-0.25, -0.2) is 4.98 Å². The van der Waals surface area contributed by atoms with Gasteiger partial charge in [0.1, 0.15) is 0 Å². The van der Waals surface area contributed by atoms with Gasteiger partial charge in [0.15, 0.2) is 5.16 Å². The summed E-state index contributed by atoms with van der Waals surface area (Å²) >= 11 is 1.68. The number of aryl methyl sites for hydroxylation is 2. The van der Waals surface area contributed by atoms with Crippen LogP contribution in [0.15, 0.2) is 41.6 Å². The molecule has 0 aliphatic heterocycles. The van der Waals surface area contributed by atoms with Crippen molar-refractivity contribution in [3.8, 4) is 0 Å². The Morgan fingerprint density at radius 2 is 2.00 bits per heavy atom. The maximum absolute atomic E-state index is 6.15. The Balaban J connectivity index is 1.82. The van der Waals surface area contributed by atoms with Crippen LogP contribution in [0.25, 0.3) is 11.0 Å². The van der Waals surface area contributed by atoms with Crippen molar-refractivity contribution in [3.63, 3.8) is 0 Å². The SMILES string of the molecule is Cc1cc(C)c(N)c(CSc2nc3ccccc3[nH]2)c1. The zero-order valence-corrected chi connectivity index (χ0v) is 12.4. The van der Waals surface area contributed by atoms with Crippen molar-refractivity contribution in [3.05, 3.63) is 53.1 Å². The van der Waals surface area contributed by atoms with Gasteiger partial charge in [-0.1, -0.05) is 41.6 Å². The number of nitrogens with zero attached hydrogens (tertiary/aromatic N) is 1. The minimum atomic E-state index is 0.828. The van der Waals surface area contributed by atoms with Gasteiger partial charge in [0.2, 0.25) is 0 Å². The summed E-state index contributed by atoms with van der Waals surface area (Å²) in [6.45, 7) is 4.15. The van der Waals surface area contributed by atoms with Crippen molar-refractivity contribution in [1.82, 2.24) is 9.97 Å². The molecule has 102 valence electrons. The monoisotopic (exact) mass is 283 g/mol. The molecule has 0 radical (unpaired) electrons. The molecule has 3 aromatic rings. The Bertz CT molecular complexity index is 729. The second-order valence-corrected chi connectivity index (χ2v) is 5.97. The molecule has 1 heterocycles. The van der Waals surface area contributed by atoms with E-state index in [2.05, 4.69) is 35.9 Å². The van der Waals surface area contributed by atoms with E-state index in [1.807, 2.05) is 24.3 Å². The lowest BCUT2D eigenvalue weighted by molar-refractivity contribution is 1.08. The fourth-order valence-electron chi connectivity index (χ4n) is 2.33. The largest absolute Gasteiger partial charge is 0.398 e. The molecule has 0 saturated heterocycles. The highest BCUT2D eigenvalue weighted by Gasteiger charge is 2.07. The van der Waals surface area contributed by atoms with E-state index in [9.17, 15) is 0 Å². The maximum atomic E-state index is 6.15. The van der Waals surface area contributed by atoms with Crippen LogP contribution in [0.3, 0.4) is 0 Å². The fraction of sp³-hybridized carbons (Fsp3) is 0.188. The second kappa shape index (κ2) is 5.21. The number of thioether (sulfide) groups is 1. The average Bonchev–Trinajstić information content (AvgIpc) is 2.84. The van der Waals surface area contributed by atoms with E-state index in [-0.39, 0.29) is 0 Å². The van der Waals surface area contributed by atoms with Gasteiger partial charge in [-0.05, 0) is 37.1 Å². The van der Waals surface area contributed by atoms with Crippen molar-refractivity contribution >= 4 is 28.5 Å².